The second-order valence-corrected chi connectivity index (χ2v) is 3.65. The van der Waals surface area contributed by atoms with Crippen LogP contribution in [-0.4, -0.2) is 28.2 Å². The van der Waals surface area contributed by atoms with E-state index in [0.717, 1.165) is 5.69 Å². The number of rotatable bonds is 5. The largest absolute Gasteiger partial charge is 0.495 e. The Morgan fingerprint density at radius 1 is 1.56 bits per heavy atom. The molecule has 94 valence electrons. The highest BCUT2D eigenvalue weighted by molar-refractivity contribution is 5.89. The molecule has 0 atom stereocenters. The van der Waals surface area contributed by atoms with Crippen LogP contribution in [0.15, 0.2) is 30.7 Å². The number of H-pyrrole nitrogens is 1. The molecule has 6 heteroatoms. The molecule has 0 amide bonds. The van der Waals surface area contributed by atoms with E-state index in [0.29, 0.717) is 18.0 Å². The van der Waals surface area contributed by atoms with Gasteiger partial charge in [0.2, 0.25) is 0 Å². The van der Waals surface area contributed by atoms with E-state index in [1.54, 1.807) is 18.6 Å². The van der Waals surface area contributed by atoms with Crippen LogP contribution in [0.5, 0.6) is 5.75 Å². The van der Waals surface area contributed by atoms with Gasteiger partial charge in [0.15, 0.2) is 0 Å². The fourth-order valence-electron chi connectivity index (χ4n) is 1.55. The van der Waals surface area contributed by atoms with Gasteiger partial charge < -0.3 is 20.1 Å². The lowest BCUT2D eigenvalue weighted by molar-refractivity contribution is 0.0697. The molecule has 1 heterocycles. The number of hydrogen-bond donors (Lipinski definition) is 3. The van der Waals surface area contributed by atoms with Gasteiger partial charge in [0, 0.05) is 6.20 Å². The highest BCUT2D eigenvalue weighted by atomic mass is 16.5. The highest BCUT2D eigenvalue weighted by Crippen LogP contribution is 2.25. The molecular formula is C12H13N3O3. The van der Waals surface area contributed by atoms with Gasteiger partial charge in [-0.05, 0) is 18.2 Å². The SMILES string of the molecule is COc1ccc(C(=O)O)cc1NCc1cnc[nH]1. The molecule has 0 radical (unpaired) electrons. The fourth-order valence-corrected chi connectivity index (χ4v) is 1.55. The Balaban J connectivity index is 2.18. The Bertz CT molecular complexity index is 538. The van der Waals surface area contributed by atoms with E-state index < -0.39 is 5.97 Å². The van der Waals surface area contributed by atoms with Crippen molar-refractivity contribution >= 4 is 11.7 Å². The number of ether oxygens (including phenoxy) is 1. The number of methoxy groups -OCH3 is 1. The number of imidazole rings is 1. The molecule has 1 aromatic heterocycles. The topological polar surface area (TPSA) is 87.2 Å². The molecule has 18 heavy (non-hydrogen) atoms. The predicted molar refractivity (Wildman–Crippen MR) is 65.9 cm³/mol. The van der Waals surface area contributed by atoms with Crippen LogP contribution in [0.1, 0.15) is 16.1 Å². The third-order valence-electron chi connectivity index (χ3n) is 2.47. The van der Waals surface area contributed by atoms with Gasteiger partial charge in [-0.1, -0.05) is 0 Å². The van der Waals surface area contributed by atoms with Crippen LogP contribution >= 0.6 is 0 Å². The third-order valence-corrected chi connectivity index (χ3v) is 2.47. The summed E-state index contributed by atoms with van der Waals surface area (Å²) in [5, 5.41) is 12.0. The summed E-state index contributed by atoms with van der Waals surface area (Å²) in [6, 6.07) is 4.67. The fraction of sp³-hybridized carbons (Fsp3) is 0.167. The van der Waals surface area contributed by atoms with Gasteiger partial charge in [0.25, 0.3) is 0 Å². The van der Waals surface area contributed by atoms with Crippen LogP contribution in [0.3, 0.4) is 0 Å². The molecule has 0 saturated carbocycles. The summed E-state index contributed by atoms with van der Waals surface area (Å²) in [6.45, 7) is 0.513. The molecule has 1 aromatic carbocycles. The smallest absolute Gasteiger partial charge is 0.335 e. The average Bonchev–Trinajstić information content (AvgIpc) is 2.89. The maximum absolute atomic E-state index is 10.9. The summed E-state index contributed by atoms with van der Waals surface area (Å²) in [5.41, 5.74) is 1.74. The molecule has 0 bridgehead atoms. The monoisotopic (exact) mass is 247 g/mol. The molecule has 2 rings (SSSR count). The lowest BCUT2D eigenvalue weighted by Gasteiger charge is -2.11. The summed E-state index contributed by atoms with van der Waals surface area (Å²) >= 11 is 0. The van der Waals surface area contributed by atoms with E-state index in [-0.39, 0.29) is 5.56 Å². The summed E-state index contributed by atoms with van der Waals surface area (Å²) in [4.78, 5) is 17.8. The molecule has 0 saturated heterocycles. The lowest BCUT2D eigenvalue weighted by Crippen LogP contribution is -2.04. The van der Waals surface area contributed by atoms with Crippen LogP contribution < -0.4 is 10.1 Å². The van der Waals surface area contributed by atoms with Crippen LogP contribution in [0, 0.1) is 0 Å². The predicted octanol–water partition coefficient (Wildman–Crippen LogP) is 1.73. The Morgan fingerprint density at radius 3 is 3.00 bits per heavy atom. The second kappa shape index (κ2) is 5.22. The van der Waals surface area contributed by atoms with E-state index in [2.05, 4.69) is 15.3 Å². The third kappa shape index (κ3) is 2.60. The molecule has 3 N–H and O–H groups in total. The minimum Gasteiger partial charge on any atom is -0.495 e. The number of nitrogens with one attached hydrogen (secondary N) is 2. The van der Waals surface area contributed by atoms with E-state index in [4.69, 9.17) is 9.84 Å². The average molecular weight is 247 g/mol. The number of nitrogens with zero attached hydrogens (tertiary/aromatic N) is 1. The van der Waals surface area contributed by atoms with Gasteiger partial charge >= 0.3 is 5.97 Å². The highest BCUT2D eigenvalue weighted by Gasteiger charge is 2.08. The van der Waals surface area contributed by atoms with Crippen molar-refractivity contribution in [3.8, 4) is 5.75 Å². The minimum absolute atomic E-state index is 0.211. The van der Waals surface area contributed by atoms with E-state index >= 15 is 0 Å². The first-order chi connectivity index (χ1) is 8.70. The molecule has 0 aliphatic carbocycles. The molecule has 2 aromatic rings. The van der Waals surface area contributed by atoms with Crippen molar-refractivity contribution in [2.24, 2.45) is 0 Å². The first-order valence-corrected chi connectivity index (χ1v) is 5.33. The maximum atomic E-state index is 10.9. The summed E-state index contributed by atoms with van der Waals surface area (Å²) < 4.78 is 5.17. The number of hydrogen-bond acceptors (Lipinski definition) is 4. The number of aromatic nitrogens is 2. The van der Waals surface area contributed by atoms with E-state index in [1.165, 1.54) is 19.2 Å². The van der Waals surface area contributed by atoms with Gasteiger partial charge in [-0.25, -0.2) is 9.78 Å². The Labute approximate surface area is 104 Å². The van der Waals surface area contributed by atoms with Gasteiger partial charge in [0.05, 0.1) is 36.9 Å². The zero-order valence-corrected chi connectivity index (χ0v) is 9.80. The van der Waals surface area contributed by atoms with Crippen molar-refractivity contribution in [3.05, 3.63) is 42.0 Å². The van der Waals surface area contributed by atoms with Crippen molar-refractivity contribution in [1.82, 2.24) is 9.97 Å². The van der Waals surface area contributed by atoms with Crippen LogP contribution in [0.2, 0.25) is 0 Å². The van der Waals surface area contributed by atoms with Crippen molar-refractivity contribution in [1.29, 1.82) is 0 Å². The Morgan fingerprint density at radius 2 is 2.39 bits per heavy atom. The van der Waals surface area contributed by atoms with Crippen LogP contribution in [0.4, 0.5) is 5.69 Å². The number of benzene rings is 1. The summed E-state index contributed by atoms with van der Waals surface area (Å²) in [6.07, 6.45) is 3.28. The van der Waals surface area contributed by atoms with Gasteiger partial charge in [-0.3, -0.25) is 0 Å². The summed E-state index contributed by atoms with van der Waals surface area (Å²) in [5.74, 6) is -0.373. The molecule has 0 aliphatic rings. The lowest BCUT2D eigenvalue weighted by atomic mass is 10.2. The van der Waals surface area contributed by atoms with Crippen LogP contribution in [0.25, 0.3) is 0 Å². The quantitative estimate of drug-likeness (QED) is 0.749. The first-order valence-electron chi connectivity index (χ1n) is 5.33. The van der Waals surface area contributed by atoms with Gasteiger partial charge in [-0.15, -0.1) is 0 Å². The van der Waals surface area contributed by atoms with Crippen molar-refractivity contribution in [3.63, 3.8) is 0 Å². The standard InChI is InChI=1S/C12H13N3O3/c1-18-11-3-2-8(12(16)17)4-10(11)14-6-9-5-13-7-15-9/h2-5,7,14H,6H2,1H3,(H,13,15)(H,16,17). The number of carboxylic acid groups (broad SMARTS) is 1. The van der Waals surface area contributed by atoms with Crippen molar-refractivity contribution in [2.45, 2.75) is 6.54 Å². The number of carboxylic acids is 1. The van der Waals surface area contributed by atoms with Crippen molar-refractivity contribution in [2.75, 3.05) is 12.4 Å². The normalized spacial score (nSPS) is 10.1. The zero-order valence-electron chi connectivity index (χ0n) is 9.80. The molecule has 0 fully saturated rings. The second-order valence-electron chi connectivity index (χ2n) is 3.65. The Kier molecular flexibility index (Phi) is 3.47. The maximum Gasteiger partial charge on any atom is 0.335 e. The zero-order chi connectivity index (χ0) is 13.0. The van der Waals surface area contributed by atoms with E-state index in [9.17, 15) is 4.79 Å². The minimum atomic E-state index is -0.970. The first kappa shape index (κ1) is 12.0. The molecular weight excluding hydrogens is 234 g/mol. The van der Waals surface area contributed by atoms with Crippen LogP contribution in [-0.2, 0) is 6.54 Å². The summed E-state index contributed by atoms with van der Waals surface area (Å²) in [7, 11) is 1.54. The number of aromatic carboxylic acids is 1. The van der Waals surface area contributed by atoms with E-state index in [1.807, 2.05) is 0 Å². The molecule has 6 nitrogen and oxygen atoms in total. The number of anilines is 1. The van der Waals surface area contributed by atoms with Crippen molar-refractivity contribution < 1.29 is 14.6 Å². The molecule has 0 aliphatic heterocycles. The number of aromatic amines is 1. The molecule has 0 spiro atoms. The Hall–Kier alpha value is -2.50. The number of carbonyl (C=O) groups is 1. The van der Waals surface area contributed by atoms with Gasteiger partial charge in [-0.2, -0.15) is 0 Å². The molecule has 0 unspecified atom stereocenters. The van der Waals surface area contributed by atoms with Gasteiger partial charge in [0.1, 0.15) is 5.75 Å².